The van der Waals surface area contributed by atoms with Crippen LogP contribution in [0.1, 0.15) is 41.6 Å². The van der Waals surface area contributed by atoms with Crippen molar-refractivity contribution < 1.29 is 4.74 Å². The van der Waals surface area contributed by atoms with E-state index in [4.69, 9.17) is 4.74 Å². The zero-order valence-corrected chi connectivity index (χ0v) is 14.1. The van der Waals surface area contributed by atoms with Crippen molar-refractivity contribution in [2.24, 2.45) is 0 Å². The Morgan fingerprint density at radius 1 is 1.22 bits per heavy atom. The first-order valence-corrected chi connectivity index (χ1v) is 7.68. The first-order valence-electron chi connectivity index (χ1n) is 7.68. The van der Waals surface area contributed by atoms with E-state index in [9.17, 15) is 5.26 Å². The van der Waals surface area contributed by atoms with Crippen LogP contribution in [-0.2, 0) is 0 Å². The monoisotopic (exact) mass is 310 g/mol. The summed E-state index contributed by atoms with van der Waals surface area (Å²) in [5.41, 5.74) is 3.51. The van der Waals surface area contributed by atoms with E-state index in [2.05, 4.69) is 40.6 Å². The fraction of sp³-hybridized carbons (Fsp3) is 0.389. The molecular weight excluding hydrogens is 288 g/mol. The number of methoxy groups -OCH3 is 1. The number of ether oxygens (including phenoxy) is 1. The predicted molar refractivity (Wildman–Crippen MR) is 90.7 cm³/mol. The second-order valence-corrected chi connectivity index (χ2v) is 5.64. The lowest BCUT2D eigenvalue weighted by Crippen LogP contribution is -2.11. The van der Waals surface area contributed by atoms with Crippen molar-refractivity contribution in [3.63, 3.8) is 0 Å². The molecule has 120 valence electrons. The Balaban J connectivity index is 1.97. The topological polar surface area (TPSA) is 70.8 Å². The van der Waals surface area contributed by atoms with Gasteiger partial charge in [0.15, 0.2) is 5.82 Å². The Bertz CT molecular complexity index is 704. The van der Waals surface area contributed by atoms with Crippen LogP contribution in [0.2, 0.25) is 0 Å². The average Bonchev–Trinajstić information content (AvgIpc) is 2.58. The minimum absolute atomic E-state index is 0.401. The van der Waals surface area contributed by atoms with Crippen molar-refractivity contribution >= 4 is 5.82 Å². The minimum Gasteiger partial charge on any atom is -0.497 e. The number of rotatable bonds is 6. The summed E-state index contributed by atoms with van der Waals surface area (Å²) < 4.78 is 5.18. The van der Waals surface area contributed by atoms with E-state index in [1.54, 1.807) is 7.11 Å². The second-order valence-electron chi connectivity index (χ2n) is 5.64. The van der Waals surface area contributed by atoms with Gasteiger partial charge in [0.25, 0.3) is 0 Å². The lowest BCUT2D eigenvalue weighted by Gasteiger charge is -2.14. The highest BCUT2D eigenvalue weighted by atomic mass is 16.5. The highest BCUT2D eigenvalue weighted by Crippen LogP contribution is 2.22. The molecule has 1 heterocycles. The molecule has 5 nitrogen and oxygen atoms in total. The molecule has 2 rings (SSSR count). The Morgan fingerprint density at radius 2 is 1.91 bits per heavy atom. The van der Waals surface area contributed by atoms with Gasteiger partial charge < -0.3 is 10.1 Å². The maximum absolute atomic E-state index is 9.29. The third kappa shape index (κ3) is 3.98. The summed E-state index contributed by atoms with van der Waals surface area (Å²) in [6, 6.07) is 10.3. The Hall–Kier alpha value is -2.61. The summed E-state index contributed by atoms with van der Waals surface area (Å²) in [6.07, 6.45) is 0.936. The van der Waals surface area contributed by atoms with Gasteiger partial charge >= 0.3 is 0 Å². The second kappa shape index (κ2) is 7.59. The molecule has 0 bridgehead atoms. The van der Waals surface area contributed by atoms with Gasteiger partial charge in [-0.3, -0.25) is 0 Å². The normalized spacial score (nSPS) is 11.6. The number of aromatic nitrogens is 2. The number of hydrogen-bond donors (Lipinski definition) is 1. The molecule has 0 spiro atoms. The quantitative estimate of drug-likeness (QED) is 0.883. The predicted octanol–water partition coefficient (Wildman–Crippen LogP) is 3.58. The first-order chi connectivity index (χ1) is 11.1. The summed E-state index contributed by atoms with van der Waals surface area (Å²) >= 11 is 0. The molecule has 2 aromatic rings. The van der Waals surface area contributed by atoms with Gasteiger partial charge in [0.05, 0.1) is 12.8 Å². The highest BCUT2D eigenvalue weighted by molar-refractivity contribution is 5.55. The summed E-state index contributed by atoms with van der Waals surface area (Å²) in [7, 11) is 1.67. The van der Waals surface area contributed by atoms with Crippen LogP contribution in [0.25, 0.3) is 0 Å². The van der Waals surface area contributed by atoms with E-state index in [-0.39, 0.29) is 0 Å². The number of nitriles is 1. The van der Waals surface area contributed by atoms with Gasteiger partial charge in [0, 0.05) is 6.54 Å². The molecular formula is C18H22N4O. The van der Waals surface area contributed by atoms with Gasteiger partial charge in [0.1, 0.15) is 17.4 Å². The van der Waals surface area contributed by atoms with Gasteiger partial charge in [-0.25, -0.2) is 0 Å². The van der Waals surface area contributed by atoms with Crippen LogP contribution in [-0.4, -0.2) is 23.9 Å². The number of nitrogens with one attached hydrogen (secondary N) is 1. The van der Waals surface area contributed by atoms with Gasteiger partial charge in [-0.1, -0.05) is 19.1 Å². The van der Waals surface area contributed by atoms with E-state index < -0.39 is 0 Å². The van der Waals surface area contributed by atoms with Crippen LogP contribution in [0.5, 0.6) is 5.75 Å². The highest BCUT2D eigenvalue weighted by Gasteiger charge is 2.11. The molecule has 1 unspecified atom stereocenters. The summed E-state index contributed by atoms with van der Waals surface area (Å²) in [5.74, 6) is 1.83. The number of aryl methyl sites for hydroxylation is 1. The maximum Gasteiger partial charge on any atom is 0.166 e. The van der Waals surface area contributed by atoms with Crippen LogP contribution in [0.15, 0.2) is 24.3 Å². The number of anilines is 1. The molecule has 0 radical (unpaired) electrons. The Morgan fingerprint density at radius 3 is 2.52 bits per heavy atom. The van der Waals surface area contributed by atoms with Gasteiger partial charge in [-0.05, 0) is 49.4 Å². The van der Waals surface area contributed by atoms with Crippen molar-refractivity contribution in [3.05, 3.63) is 46.6 Å². The van der Waals surface area contributed by atoms with Gasteiger partial charge in [0.2, 0.25) is 0 Å². The molecule has 5 heteroatoms. The maximum atomic E-state index is 9.29. The van der Waals surface area contributed by atoms with E-state index in [1.807, 2.05) is 26.0 Å². The average molecular weight is 310 g/mol. The molecule has 1 aromatic heterocycles. The van der Waals surface area contributed by atoms with E-state index >= 15 is 0 Å². The van der Waals surface area contributed by atoms with Crippen LogP contribution < -0.4 is 10.1 Å². The van der Waals surface area contributed by atoms with Crippen molar-refractivity contribution in [2.45, 2.75) is 33.1 Å². The van der Waals surface area contributed by atoms with Crippen molar-refractivity contribution in [3.8, 4) is 11.8 Å². The molecule has 23 heavy (non-hydrogen) atoms. The van der Waals surface area contributed by atoms with Crippen LogP contribution in [0.4, 0.5) is 5.82 Å². The van der Waals surface area contributed by atoms with E-state index in [1.165, 1.54) is 5.56 Å². The molecule has 0 amide bonds. The number of nitrogens with zero attached hydrogens (tertiary/aromatic N) is 3. The van der Waals surface area contributed by atoms with Crippen LogP contribution in [0, 0.1) is 25.2 Å². The standard InChI is InChI=1S/C18H22N4O/c1-12(15-5-7-16(23-4)8-6-15)9-10-20-18-17(11-19)13(2)14(3)21-22-18/h5-8,12H,9-10H2,1-4H3,(H,20,22). The third-order valence-corrected chi connectivity index (χ3v) is 4.12. The zero-order chi connectivity index (χ0) is 16.8. The molecule has 0 saturated heterocycles. The zero-order valence-electron chi connectivity index (χ0n) is 14.1. The lowest BCUT2D eigenvalue weighted by atomic mass is 9.98. The summed E-state index contributed by atoms with van der Waals surface area (Å²) in [6.45, 7) is 6.67. The molecule has 0 aliphatic heterocycles. The minimum atomic E-state index is 0.401. The SMILES string of the molecule is COc1ccc(C(C)CCNc2nnc(C)c(C)c2C#N)cc1. The van der Waals surface area contributed by atoms with Gasteiger partial charge in [-0.2, -0.15) is 10.4 Å². The molecule has 0 aliphatic carbocycles. The lowest BCUT2D eigenvalue weighted by molar-refractivity contribution is 0.414. The molecule has 0 aliphatic rings. The Labute approximate surface area is 137 Å². The first kappa shape index (κ1) is 16.8. The third-order valence-electron chi connectivity index (χ3n) is 4.12. The summed E-state index contributed by atoms with van der Waals surface area (Å²) in [5, 5.41) is 20.7. The molecule has 0 saturated carbocycles. The van der Waals surface area contributed by atoms with Crippen LogP contribution >= 0.6 is 0 Å². The smallest absolute Gasteiger partial charge is 0.166 e. The van der Waals surface area contributed by atoms with Crippen molar-refractivity contribution in [1.82, 2.24) is 10.2 Å². The molecule has 1 atom stereocenters. The largest absolute Gasteiger partial charge is 0.497 e. The van der Waals surface area contributed by atoms with E-state index in [0.29, 0.717) is 17.3 Å². The molecule has 1 aromatic carbocycles. The number of benzene rings is 1. The fourth-order valence-corrected chi connectivity index (χ4v) is 2.38. The van der Waals surface area contributed by atoms with Gasteiger partial charge in [-0.15, -0.1) is 5.10 Å². The molecule has 0 fully saturated rings. The summed E-state index contributed by atoms with van der Waals surface area (Å²) in [4.78, 5) is 0. The fourth-order valence-electron chi connectivity index (χ4n) is 2.38. The van der Waals surface area contributed by atoms with Crippen molar-refractivity contribution in [2.75, 3.05) is 19.0 Å². The van der Waals surface area contributed by atoms with Crippen molar-refractivity contribution in [1.29, 1.82) is 5.26 Å². The number of hydrogen-bond acceptors (Lipinski definition) is 5. The van der Waals surface area contributed by atoms with Crippen LogP contribution in [0.3, 0.4) is 0 Å². The van der Waals surface area contributed by atoms with E-state index in [0.717, 1.165) is 30.0 Å². The molecule has 1 N–H and O–H groups in total. The Kier molecular flexibility index (Phi) is 5.53.